The van der Waals surface area contributed by atoms with Gasteiger partial charge in [0.2, 0.25) is 5.91 Å². The fraction of sp³-hybridized carbons (Fsp3) is 0.400. The van der Waals surface area contributed by atoms with Crippen molar-refractivity contribution in [1.82, 2.24) is 20.1 Å². The van der Waals surface area contributed by atoms with Crippen LogP contribution in [0.25, 0.3) is 11.0 Å². The van der Waals surface area contributed by atoms with Gasteiger partial charge in [0, 0.05) is 25.2 Å². The number of aliphatic imine (C=N–C) groups is 1. The van der Waals surface area contributed by atoms with Gasteiger partial charge in [0.05, 0.1) is 23.1 Å². The fourth-order valence-corrected chi connectivity index (χ4v) is 3.28. The highest BCUT2D eigenvalue weighted by atomic mass is 16.2. The number of hydrogen-bond donors (Lipinski definition) is 2. The summed E-state index contributed by atoms with van der Waals surface area (Å²) in [5.74, 6) is -1.16. The third-order valence-electron chi connectivity index (χ3n) is 4.64. The second-order valence-electron chi connectivity index (χ2n) is 7.40. The summed E-state index contributed by atoms with van der Waals surface area (Å²) in [6.45, 7) is 9.02. The molecule has 1 aliphatic rings. The minimum absolute atomic E-state index is 0.0252. The summed E-state index contributed by atoms with van der Waals surface area (Å²) in [5, 5.41) is 10.3. The number of nitrogens with zero attached hydrogens (tertiary/aromatic N) is 4. The van der Waals surface area contributed by atoms with Gasteiger partial charge < -0.3 is 10.6 Å². The molecule has 0 aromatic carbocycles. The molecule has 3 amide bonds. The number of dihydropyridines is 1. The molecule has 0 saturated heterocycles. The lowest BCUT2D eigenvalue weighted by Gasteiger charge is -2.19. The Bertz CT molecular complexity index is 1060. The molecule has 3 rings (SSSR count). The molecule has 0 spiro atoms. The van der Waals surface area contributed by atoms with Crippen LogP contribution in [-0.4, -0.2) is 44.7 Å². The van der Waals surface area contributed by atoms with Crippen molar-refractivity contribution in [3.8, 4) is 0 Å². The Morgan fingerprint density at radius 2 is 2.00 bits per heavy atom. The van der Waals surface area contributed by atoms with Crippen molar-refractivity contribution in [3.63, 3.8) is 0 Å². The predicted octanol–water partition coefficient (Wildman–Crippen LogP) is 2.26. The summed E-state index contributed by atoms with van der Waals surface area (Å²) < 4.78 is 1.69. The number of rotatable bonds is 5. The predicted molar refractivity (Wildman–Crippen MR) is 110 cm³/mol. The van der Waals surface area contributed by atoms with Crippen molar-refractivity contribution in [2.45, 2.75) is 40.7 Å². The maximum Gasteiger partial charge on any atom is 0.254 e. The lowest BCUT2D eigenvalue weighted by molar-refractivity contribution is -0.120. The van der Waals surface area contributed by atoms with Crippen molar-refractivity contribution in [1.29, 1.82) is 0 Å². The van der Waals surface area contributed by atoms with E-state index in [4.69, 9.17) is 0 Å². The van der Waals surface area contributed by atoms with E-state index in [0.29, 0.717) is 22.3 Å². The smallest absolute Gasteiger partial charge is 0.254 e. The molecule has 0 saturated carbocycles. The topological polar surface area (TPSA) is 118 Å². The largest absolute Gasteiger partial charge is 0.351 e. The van der Waals surface area contributed by atoms with Crippen LogP contribution >= 0.6 is 0 Å². The van der Waals surface area contributed by atoms with Gasteiger partial charge >= 0.3 is 0 Å². The molecular weight excluding hydrogens is 372 g/mol. The summed E-state index contributed by atoms with van der Waals surface area (Å²) in [4.78, 5) is 45.0. The van der Waals surface area contributed by atoms with Gasteiger partial charge in [-0.3, -0.25) is 14.4 Å². The molecule has 0 radical (unpaired) electrons. The third-order valence-corrected chi connectivity index (χ3v) is 4.64. The Kier molecular flexibility index (Phi) is 5.58. The summed E-state index contributed by atoms with van der Waals surface area (Å²) in [6.07, 6.45) is 3.42. The maximum atomic E-state index is 12.9. The average molecular weight is 396 g/mol. The van der Waals surface area contributed by atoms with Crippen LogP contribution in [-0.2, 0) is 9.59 Å². The molecule has 2 N–H and O–H groups in total. The maximum absolute atomic E-state index is 12.9. The number of pyridine rings is 1. The molecule has 9 nitrogen and oxygen atoms in total. The van der Waals surface area contributed by atoms with E-state index in [1.807, 2.05) is 26.8 Å². The van der Waals surface area contributed by atoms with E-state index < -0.39 is 5.92 Å². The number of amides is 3. The van der Waals surface area contributed by atoms with Crippen molar-refractivity contribution in [2.75, 3.05) is 11.9 Å². The van der Waals surface area contributed by atoms with E-state index in [1.165, 1.54) is 13.0 Å². The highest BCUT2D eigenvalue weighted by molar-refractivity contribution is 6.08. The lowest BCUT2D eigenvalue weighted by Crippen LogP contribution is -2.34. The van der Waals surface area contributed by atoms with E-state index in [2.05, 4.69) is 25.7 Å². The molecule has 9 heteroatoms. The summed E-state index contributed by atoms with van der Waals surface area (Å²) in [6, 6.07) is 1.54. The van der Waals surface area contributed by atoms with Gasteiger partial charge in [-0.1, -0.05) is 5.57 Å². The van der Waals surface area contributed by atoms with E-state index >= 15 is 0 Å². The Morgan fingerprint density at radius 3 is 2.62 bits per heavy atom. The number of anilines is 1. The van der Waals surface area contributed by atoms with Gasteiger partial charge in [-0.25, -0.2) is 14.7 Å². The standard InChI is InChI=1S/C20H24N6O3/c1-10(2)26-18-16(9-22-26)14(7-17(25-18)24-13(5)27)19(28)21-8-15-11(3)6-12(4)23-20(15)29/h6-7,9-10,15H,8H2,1-5H3,(H,21,28)(H,24,25,27). The van der Waals surface area contributed by atoms with Crippen LogP contribution in [0.3, 0.4) is 0 Å². The molecule has 2 aromatic heterocycles. The first-order chi connectivity index (χ1) is 13.7. The molecule has 1 aliphatic heterocycles. The molecule has 152 valence electrons. The molecule has 2 aromatic rings. The lowest BCUT2D eigenvalue weighted by atomic mass is 9.95. The van der Waals surface area contributed by atoms with Crippen LogP contribution in [0.5, 0.6) is 0 Å². The van der Waals surface area contributed by atoms with Gasteiger partial charge in [-0.05, 0) is 39.8 Å². The van der Waals surface area contributed by atoms with Crippen molar-refractivity contribution < 1.29 is 14.4 Å². The summed E-state index contributed by atoms with van der Waals surface area (Å²) in [7, 11) is 0. The normalized spacial score (nSPS) is 16.6. The number of nitrogens with one attached hydrogen (secondary N) is 2. The zero-order chi connectivity index (χ0) is 21.3. The Labute approximate surface area is 168 Å². The van der Waals surface area contributed by atoms with Gasteiger partial charge in [0.25, 0.3) is 11.8 Å². The Balaban J connectivity index is 1.91. The van der Waals surface area contributed by atoms with Gasteiger partial charge in [0.15, 0.2) is 5.65 Å². The molecule has 0 bridgehead atoms. The molecule has 29 heavy (non-hydrogen) atoms. The highest BCUT2D eigenvalue weighted by Crippen LogP contribution is 2.24. The van der Waals surface area contributed by atoms with Crippen molar-refractivity contribution in [3.05, 3.63) is 29.5 Å². The number of carbonyl (C=O) groups excluding carboxylic acids is 3. The average Bonchev–Trinajstić information content (AvgIpc) is 3.03. The van der Waals surface area contributed by atoms with Crippen molar-refractivity contribution >= 4 is 40.3 Å². The van der Waals surface area contributed by atoms with Crippen molar-refractivity contribution in [2.24, 2.45) is 10.9 Å². The molecule has 0 fully saturated rings. The van der Waals surface area contributed by atoms with Gasteiger partial charge in [-0.2, -0.15) is 5.10 Å². The van der Waals surface area contributed by atoms with Crippen LogP contribution in [0, 0.1) is 5.92 Å². The minimum atomic E-state index is -0.492. The van der Waals surface area contributed by atoms with Crippen LogP contribution in [0.4, 0.5) is 5.82 Å². The summed E-state index contributed by atoms with van der Waals surface area (Å²) >= 11 is 0. The monoisotopic (exact) mass is 396 g/mol. The van der Waals surface area contributed by atoms with E-state index in [9.17, 15) is 14.4 Å². The summed E-state index contributed by atoms with van der Waals surface area (Å²) in [5.41, 5.74) is 2.35. The van der Waals surface area contributed by atoms with Crippen LogP contribution in [0.15, 0.2) is 28.9 Å². The van der Waals surface area contributed by atoms with Crippen LogP contribution < -0.4 is 10.6 Å². The second kappa shape index (κ2) is 7.94. The van der Waals surface area contributed by atoms with E-state index in [1.54, 1.807) is 17.8 Å². The Morgan fingerprint density at radius 1 is 1.28 bits per heavy atom. The zero-order valence-corrected chi connectivity index (χ0v) is 17.1. The quantitative estimate of drug-likeness (QED) is 0.804. The fourth-order valence-electron chi connectivity index (χ4n) is 3.28. The third kappa shape index (κ3) is 4.23. The van der Waals surface area contributed by atoms with Gasteiger partial charge in [-0.15, -0.1) is 0 Å². The molecule has 1 unspecified atom stereocenters. The molecule has 3 heterocycles. The number of allylic oxidation sites excluding steroid dienone is 1. The first-order valence-corrected chi connectivity index (χ1v) is 9.38. The molecule has 1 atom stereocenters. The van der Waals surface area contributed by atoms with E-state index in [-0.39, 0.29) is 36.1 Å². The Hall–Kier alpha value is -3.36. The van der Waals surface area contributed by atoms with Crippen LogP contribution in [0.2, 0.25) is 0 Å². The number of hydrogen-bond acceptors (Lipinski definition) is 5. The van der Waals surface area contributed by atoms with E-state index in [0.717, 1.165) is 5.57 Å². The minimum Gasteiger partial charge on any atom is -0.351 e. The second-order valence-corrected chi connectivity index (χ2v) is 7.40. The number of carbonyl (C=O) groups is 3. The highest BCUT2D eigenvalue weighted by Gasteiger charge is 2.25. The molecular formula is C20H24N6O3. The van der Waals surface area contributed by atoms with Gasteiger partial charge in [0.1, 0.15) is 5.82 Å². The first-order valence-electron chi connectivity index (χ1n) is 9.38. The number of fused-ring (bicyclic) bond motifs is 1. The number of aromatic nitrogens is 3. The van der Waals surface area contributed by atoms with Crippen LogP contribution in [0.1, 0.15) is 51.0 Å². The SMILES string of the molecule is CC(=O)Nc1cc(C(=O)NCC2C(=O)N=C(C)C=C2C)c2cnn(C(C)C)c2n1. The zero-order valence-electron chi connectivity index (χ0n) is 17.1. The first kappa shape index (κ1) is 20.4. The molecule has 0 aliphatic carbocycles.